The van der Waals surface area contributed by atoms with E-state index in [-0.39, 0.29) is 13.2 Å². The van der Waals surface area contributed by atoms with Crippen molar-refractivity contribution < 1.29 is 28.2 Å². The van der Waals surface area contributed by atoms with Crippen LogP contribution in [-0.2, 0) is 30.4 Å². The Morgan fingerprint density at radius 3 is 2.48 bits per heavy atom. The van der Waals surface area contributed by atoms with Crippen molar-refractivity contribution in [3.05, 3.63) is 32.9 Å². The van der Waals surface area contributed by atoms with E-state index >= 15 is 0 Å². The topological polar surface area (TPSA) is 137 Å². The van der Waals surface area contributed by atoms with Crippen molar-refractivity contribution in [3.63, 3.8) is 0 Å². The molecule has 1 atom stereocenters. The highest BCUT2D eigenvalue weighted by molar-refractivity contribution is 5.88. The first-order valence-electron chi connectivity index (χ1n) is 7.39. The van der Waals surface area contributed by atoms with Gasteiger partial charge in [0.15, 0.2) is 0 Å². The van der Waals surface area contributed by atoms with Gasteiger partial charge in [0.25, 0.3) is 5.56 Å². The Labute approximate surface area is 140 Å². The van der Waals surface area contributed by atoms with Crippen LogP contribution in [0.15, 0.2) is 15.8 Å². The number of amides is 1. The van der Waals surface area contributed by atoms with Gasteiger partial charge in [-0.25, -0.2) is 9.59 Å². The van der Waals surface area contributed by atoms with Gasteiger partial charge < -0.3 is 14.8 Å². The average molecular weight is 359 g/mol. The summed E-state index contributed by atoms with van der Waals surface area (Å²) in [4.78, 5) is 59.4. The van der Waals surface area contributed by atoms with Crippen LogP contribution in [0, 0.1) is 5.82 Å². The summed E-state index contributed by atoms with van der Waals surface area (Å²) in [5.74, 6) is -3.70. The van der Waals surface area contributed by atoms with Crippen LogP contribution in [0.1, 0.15) is 20.3 Å². The van der Waals surface area contributed by atoms with Crippen molar-refractivity contribution in [1.82, 2.24) is 14.9 Å². The third-order valence-corrected chi connectivity index (χ3v) is 2.86. The molecule has 0 aliphatic carbocycles. The molecule has 0 bridgehead atoms. The lowest BCUT2D eigenvalue weighted by Crippen LogP contribution is -2.46. The second kappa shape index (κ2) is 9.35. The molecule has 25 heavy (non-hydrogen) atoms. The second-order valence-electron chi connectivity index (χ2n) is 4.75. The molecule has 0 aliphatic heterocycles. The number of hydrogen-bond acceptors (Lipinski definition) is 7. The normalized spacial score (nSPS) is 11.5. The zero-order valence-electron chi connectivity index (χ0n) is 13.7. The fourth-order valence-corrected chi connectivity index (χ4v) is 1.82. The number of halogens is 1. The van der Waals surface area contributed by atoms with Crippen molar-refractivity contribution in [2.45, 2.75) is 32.9 Å². The standard InChI is InChI=1S/C14H18FN3O7/c1-3-24-11(20)5-9(13(22)25-4-2)16-10(19)7-18-6-8(15)12(21)17-14(18)23/h6,9H,3-5,7H2,1-2H3,(H,16,19)(H,17,21,23)/t9-/m1/s1. The molecule has 1 aromatic heterocycles. The Bertz CT molecular complexity index is 756. The number of hydrogen-bond donors (Lipinski definition) is 2. The third kappa shape index (κ3) is 6.20. The lowest BCUT2D eigenvalue weighted by Gasteiger charge is -2.16. The molecule has 0 radical (unpaired) electrons. The zero-order chi connectivity index (χ0) is 19.0. The van der Waals surface area contributed by atoms with Crippen LogP contribution < -0.4 is 16.6 Å². The van der Waals surface area contributed by atoms with Gasteiger partial charge in [-0.05, 0) is 13.8 Å². The predicted molar refractivity (Wildman–Crippen MR) is 81.1 cm³/mol. The number of carbonyl (C=O) groups is 3. The first-order chi connectivity index (χ1) is 11.8. The van der Waals surface area contributed by atoms with Gasteiger partial charge in [0.1, 0.15) is 12.6 Å². The number of aromatic amines is 1. The van der Waals surface area contributed by atoms with E-state index in [1.165, 1.54) is 0 Å². The summed E-state index contributed by atoms with van der Waals surface area (Å²) in [5.41, 5.74) is -2.21. The first kappa shape index (κ1) is 20.1. The molecule has 0 unspecified atom stereocenters. The van der Waals surface area contributed by atoms with E-state index in [0.29, 0.717) is 10.8 Å². The molecule has 0 aromatic carbocycles. The number of carbonyl (C=O) groups excluding carboxylic acids is 3. The summed E-state index contributed by atoms with van der Waals surface area (Å²) in [6.45, 7) is 2.56. The zero-order valence-corrected chi connectivity index (χ0v) is 13.7. The van der Waals surface area contributed by atoms with Gasteiger partial charge in [0, 0.05) is 0 Å². The summed E-state index contributed by atoms with van der Waals surface area (Å²) in [5, 5.41) is 2.21. The minimum absolute atomic E-state index is 0.0264. The Balaban J connectivity index is 2.85. The van der Waals surface area contributed by atoms with Crippen molar-refractivity contribution in [2.24, 2.45) is 0 Å². The van der Waals surface area contributed by atoms with E-state index in [9.17, 15) is 28.4 Å². The maximum atomic E-state index is 13.2. The van der Waals surface area contributed by atoms with Crippen LogP contribution >= 0.6 is 0 Å². The number of esters is 2. The molecule has 1 aromatic rings. The number of nitrogens with one attached hydrogen (secondary N) is 2. The van der Waals surface area contributed by atoms with Crippen LogP contribution in [0.3, 0.4) is 0 Å². The fourth-order valence-electron chi connectivity index (χ4n) is 1.82. The van der Waals surface area contributed by atoms with E-state index in [4.69, 9.17) is 9.47 Å². The highest BCUT2D eigenvalue weighted by Crippen LogP contribution is 2.00. The molecule has 0 aliphatic rings. The Kier molecular flexibility index (Phi) is 7.50. The average Bonchev–Trinajstić information content (AvgIpc) is 2.52. The molecule has 0 fully saturated rings. The maximum absolute atomic E-state index is 13.2. The summed E-state index contributed by atoms with van der Waals surface area (Å²) in [6, 6.07) is -1.32. The Morgan fingerprint density at radius 1 is 1.24 bits per heavy atom. The van der Waals surface area contributed by atoms with Gasteiger partial charge >= 0.3 is 17.6 Å². The monoisotopic (exact) mass is 359 g/mol. The molecule has 1 heterocycles. The van der Waals surface area contributed by atoms with Crippen LogP contribution in [0.4, 0.5) is 4.39 Å². The summed E-state index contributed by atoms with van der Waals surface area (Å²) in [6.07, 6.45) is 0.0960. The highest BCUT2D eigenvalue weighted by Gasteiger charge is 2.26. The SMILES string of the molecule is CCOC(=O)C[C@@H](NC(=O)Cn1cc(F)c(=O)[nH]c1=O)C(=O)OCC. The molecule has 11 heteroatoms. The van der Waals surface area contributed by atoms with Gasteiger partial charge in [0.2, 0.25) is 11.7 Å². The number of aromatic nitrogens is 2. The van der Waals surface area contributed by atoms with Gasteiger partial charge in [-0.15, -0.1) is 0 Å². The van der Waals surface area contributed by atoms with Crippen molar-refractivity contribution in [1.29, 1.82) is 0 Å². The molecule has 1 rings (SSSR count). The van der Waals surface area contributed by atoms with Crippen LogP contribution in [-0.4, -0.2) is 46.7 Å². The quantitative estimate of drug-likeness (QED) is 0.549. The third-order valence-electron chi connectivity index (χ3n) is 2.86. The smallest absolute Gasteiger partial charge is 0.329 e. The Morgan fingerprint density at radius 2 is 1.88 bits per heavy atom. The van der Waals surface area contributed by atoms with Gasteiger partial charge in [-0.1, -0.05) is 0 Å². The van der Waals surface area contributed by atoms with E-state index in [1.807, 2.05) is 0 Å². The lowest BCUT2D eigenvalue weighted by atomic mass is 10.2. The van der Waals surface area contributed by atoms with E-state index in [0.717, 1.165) is 0 Å². The largest absolute Gasteiger partial charge is 0.466 e. The van der Waals surface area contributed by atoms with E-state index in [2.05, 4.69) is 5.32 Å². The number of H-pyrrole nitrogens is 1. The van der Waals surface area contributed by atoms with Crippen LogP contribution in [0.2, 0.25) is 0 Å². The molecular formula is C14H18FN3O7. The summed E-state index contributed by atoms with van der Waals surface area (Å²) < 4.78 is 23.3. The van der Waals surface area contributed by atoms with Gasteiger partial charge in [0.05, 0.1) is 25.8 Å². The molecule has 1 amide bonds. The van der Waals surface area contributed by atoms with E-state index < -0.39 is 53.9 Å². The molecule has 138 valence electrons. The molecule has 10 nitrogen and oxygen atoms in total. The van der Waals surface area contributed by atoms with Crippen LogP contribution in [0.25, 0.3) is 0 Å². The Hall–Kier alpha value is -2.98. The molecular weight excluding hydrogens is 341 g/mol. The molecule has 0 saturated carbocycles. The number of ether oxygens (including phenoxy) is 2. The summed E-state index contributed by atoms with van der Waals surface area (Å²) in [7, 11) is 0. The van der Waals surface area contributed by atoms with Crippen molar-refractivity contribution in [3.8, 4) is 0 Å². The number of rotatable bonds is 8. The van der Waals surface area contributed by atoms with Crippen LogP contribution in [0.5, 0.6) is 0 Å². The van der Waals surface area contributed by atoms with Gasteiger partial charge in [-0.3, -0.25) is 23.9 Å². The predicted octanol–water partition coefficient (Wildman–Crippen LogP) is -1.32. The van der Waals surface area contributed by atoms with Gasteiger partial charge in [-0.2, -0.15) is 4.39 Å². The molecule has 2 N–H and O–H groups in total. The van der Waals surface area contributed by atoms with E-state index in [1.54, 1.807) is 18.8 Å². The summed E-state index contributed by atoms with van der Waals surface area (Å²) >= 11 is 0. The highest BCUT2D eigenvalue weighted by atomic mass is 19.1. The minimum atomic E-state index is -1.32. The molecule has 0 spiro atoms. The van der Waals surface area contributed by atoms with Crippen molar-refractivity contribution >= 4 is 17.8 Å². The number of nitrogens with zero attached hydrogens (tertiary/aromatic N) is 1. The van der Waals surface area contributed by atoms with Crippen molar-refractivity contribution in [2.75, 3.05) is 13.2 Å². The fraction of sp³-hybridized carbons (Fsp3) is 0.500. The lowest BCUT2D eigenvalue weighted by molar-refractivity contribution is -0.153. The molecule has 0 saturated heterocycles. The first-order valence-corrected chi connectivity index (χ1v) is 7.39. The second-order valence-corrected chi connectivity index (χ2v) is 4.75. The minimum Gasteiger partial charge on any atom is -0.466 e. The maximum Gasteiger partial charge on any atom is 0.329 e.